The third-order valence-electron chi connectivity index (χ3n) is 5.41. The molecule has 0 saturated heterocycles. The molecule has 1 aliphatic carbocycles. The molecule has 4 rings (SSSR count). The summed E-state index contributed by atoms with van der Waals surface area (Å²) in [6.45, 7) is 6.34. The Morgan fingerprint density at radius 1 is 1.40 bits per heavy atom. The van der Waals surface area contributed by atoms with Crippen LogP contribution >= 0.6 is 0 Å². The number of aromatic nitrogens is 3. The van der Waals surface area contributed by atoms with Crippen molar-refractivity contribution in [1.82, 2.24) is 25.2 Å². The minimum atomic E-state index is 0.0688. The highest BCUT2D eigenvalue weighted by Crippen LogP contribution is 2.26. The molecule has 2 aromatic heterocycles. The van der Waals surface area contributed by atoms with Crippen molar-refractivity contribution in [1.29, 1.82) is 0 Å². The second kappa shape index (κ2) is 6.63. The Morgan fingerprint density at radius 2 is 2.24 bits per heavy atom. The summed E-state index contributed by atoms with van der Waals surface area (Å²) in [6.07, 6.45) is 5.75. The summed E-state index contributed by atoms with van der Waals surface area (Å²) >= 11 is 0. The second-order valence-electron chi connectivity index (χ2n) is 7.29. The summed E-state index contributed by atoms with van der Waals surface area (Å²) in [6, 6.07) is 2.49. The van der Waals surface area contributed by atoms with Crippen LogP contribution < -0.4 is 5.32 Å². The molecule has 0 unspecified atom stereocenters. The van der Waals surface area contributed by atoms with Crippen LogP contribution in [0.15, 0.2) is 16.8 Å². The van der Waals surface area contributed by atoms with Crippen LogP contribution in [0.25, 0.3) is 0 Å². The van der Waals surface area contributed by atoms with Gasteiger partial charge in [-0.1, -0.05) is 5.16 Å². The van der Waals surface area contributed by atoms with Crippen LogP contribution in [-0.2, 0) is 17.9 Å². The van der Waals surface area contributed by atoms with E-state index in [1.54, 1.807) is 0 Å². The van der Waals surface area contributed by atoms with Gasteiger partial charge in [-0.05, 0) is 39.2 Å². The molecular weight excluding hydrogens is 318 g/mol. The molecule has 1 fully saturated rings. The number of nitrogens with zero attached hydrogens (tertiary/aromatic N) is 4. The predicted molar refractivity (Wildman–Crippen MR) is 91.8 cm³/mol. The molecule has 2 aliphatic rings. The first-order chi connectivity index (χ1) is 12.1. The molecule has 25 heavy (non-hydrogen) atoms. The van der Waals surface area contributed by atoms with Gasteiger partial charge in [-0.25, -0.2) is 0 Å². The molecule has 1 aliphatic heterocycles. The highest BCUT2D eigenvalue weighted by atomic mass is 16.5. The van der Waals surface area contributed by atoms with Crippen LogP contribution in [0.1, 0.15) is 54.4 Å². The number of amides is 1. The smallest absolute Gasteiger partial charge is 0.222 e. The number of aryl methyl sites for hydroxylation is 2. The lowest BCUT2D eigenvalue weighted by atomic mass is 9.93. The SMILES string of the molecule is Cc1noc(C)c1CN1Cc2ccnn2[C@H](CC(=O)NC2CCC2)C1. The molecular formula is C18H25N5O2. The van der Waals surface area contributed by atoms with Crippen LogP contribution in [0.5, 0.6) is 0 Å². The van der Waals surface area contributed by atoms with Crippen molar-refractivity contribution in [2.75, 3.05) is 6.54 Å². The molecule has 1 atom stereocenters. The highest BCUT2D eigenvalue weighted by molar-refractivity contribution is 5.76. The first-order valence-electron chi connectivity index (χ1n) is 9.06. The Balaban J connectivity index is 1.46. The number of hydrogen-bond acceptors (Lipinski definition) is 5. The monoisotopic (exact) mass is 343 g/mol. The van der Waals surface area contributed by atoms with Crippen molar-refractivity contribution in [3.05, 3.63) is 35.0 Å². The van der Waals surface area contributed by atoms with Crippen molar-refractivity contribution >= 4 is 5.91 Å². The van der Waals surface area contributed by atoms with Gasteiger partial charge in [0.15, 0.2) is 0 Å². The lowest BCUT2D eigenvalue weighted by Gasteiger charge is -2.34. The molecule has 2 aromatic rings. The fourth-order valence-electron chi connectivity index (χ4n) is 3.74. The number of carbonyl (C=O) groups is 1. The van der Waals surface area contributed by atoms with Crippen molar-refractivity contribution in [2.45, 2.75) is 64.7 Å². The van der Waals surface area contributed by atoms with Gasteiger partial charge in [-0.2, -0.15) is 5.10 Å². The highest BCUT2D eigenvalue weighted by Gasteiger charge is 2.29. The summed E-state index contributed by atoms with van der Waals surface area (Å²) < 4.78 is 7.30. The van der Waals surface area contributed by atoms with Crippen LogP contribution in [0.3, 0.4) is 0 Å². The normalized spacial score (nSPS) is 21.0. The first kappa shape index (κ1) is 16.3. The van der Waals surface area contributed by atoms with Gasteiger partial charge in [0.1, 0.15) is 5.76 Å². The van der Waals surface area contributed by atoms with E-state index in [2.05, 4.69) is 20.5 Å². The van der Waals surface area contributed by atoms with E-state index in [1.165, 1.54) is 6.42 Å². The molecule has 134 valence electrons. The third-order valence-corrected chi connectivity index (χ3v) is 5.41. The van der Waals surface area contributed by atoms with E-state index >= 15 is 0 Å². The van der Waals surface area contributed by atoms with E-state index in [-0.39, 0.29) is 11.9 Å². The van der Waals surface area contributed by atoms with Gasteiger partial charge in [-0.15, -0.1) is 0 Å². The van der Waals surface area contributed by atoms with Gasteiger partial charge in [-0.3, -0.25) is 14.4 Å². The van der Waals surface area contributed by atoms with E-state index in [4.69, 9.17) is 4.52 Å². The van der Waals surface area contributed by atoms with E-state index in [0.717, 1.165) is 55.2 Å². The van der Waals surface area contributed by atoms with Gasteiger partial charge < -0.3 is 9.84 Å². The van der Waals surface area contributed by atoms with E-state index in [0.29, 0.717) is 12.5 Å². The second-order valence-corrected chi connectivity index (χ2v) is 7.29. The molecule has 0 spiro atoms. The fourth-order valence-corrected chi connectivity index (χ4v) is 3.74. The minimum Gasteiger partial charge on any atom is -0.361 e. The molecule has 1 amide bonds. The van der Waals surface area contributed by atoms with Crippen molar-refractivity contribution < 1.29 is 9.32 Å². The lowest BCUT2D eigenvalue weighted by Crippen LogP contribution is -2.43. The summed E-state index contributed by atoms with van der Waals surface area (Å²) in [7, 11) is 0. The fraction of sp³-hybridized carbons (Fsp3) is 0.611. The maximum absolute atomic E-state index is 12.4. The van der Waals surface area contributed by atoms with E-state index in [1.807, 2.05) is 30.8 Å². The number of hydrogen-bond donors (Lipinski definition) is 1. The zero-order valence-corrected chi connectivity index (χ0v) is 14.9. The first-order valence-corrected chi connectivity index (χ1v) is 9.06. The zero-order valence-electron chi connectivity index (χ0n) is 14.9. The van der Waals surface area contributed by atoms with Crippen molar-refractivity contribution in [3.8, 4) is 0 Å². The predicted octanol–water partition coefficient (Wildman–Crippen LogP) is 2.10. The number of nitrogens with one attached hydrogen (secondary N) is 1. The summed E-state index contributed by atoms with van der Waals surface area (Å²) in [4.78, 5) is 14.7. The standard InChI is InChI=1S/C18H25N5O2/c1-12-17(13(2)25-21-12)11-22-9-15-6-7-19-23(15)16(10-22)8-18(24)20-14-4-3-5-14/h6-7,14,16H,3-5,8-11H2,1-2H3,(H,20,24)/t16-/m1/s1. The molecule has 0 bridgehead atoms. The van der Waals surface area contributed by atoms with E-state index in [9.17, 15) is 4.79 Å². The van der Waals surface area contributed by atoms with Crippen LogP contribution in [-0.4, -0.2) is 38.3 Å². The van der Waals surface area contributed by atoms with Crippen molar-refractivity contribution in [3.63, 3.8) is 0 Å². The number of carbonyl (C=O) groups excluding carboxylic acids is 1. The quantitative estimate of drug-likeness (QED) is 0.900. The Labute approximate surface area is 147 Å². The average Bonchev–Trinajstić information content (AvgIpc) is 3.13. The Hall–Kier alpha value is -2.15. The zero-order chi connectivity index (χ0) is 17.4. The van der Waals surface area contributed by atoms with Crippen LogP contribution in [0, 0.1) is 13.8 Å². The van der Waals surface area contributed by atoms with Crippen LogP contribution in [0.2, 0.25) is 0 Å². The van der Waals surface area contributed by atoms with Gasteiger partial charge in [0.2, 0.25) is 5.91 Å². The summed E-state index contributed by atoms with van der Waals surface area (Å²) in [5.41, 5.74) is 3.24. The van der Waals surface area contributed by atoms with Gasteiger partial charge >= 0.3 is 0 Å². The molecule has 1 saturated carbocycles. The van der Waals surface area contributed by atoms with Crippen molar-refractivity contribution in [2.24, 2.45) is 0 Å². The Morgan fingerprint density at radius 3 is 2.92 bits per heavy atom. The maximum atomic E-state index is 12.4. The van der Waals surface area contributed by atoms with Gasteiger partial charge in [0, 0.05) is 37.4 Å². The third kappa shape index (κ3) is 3.33. The molecule has 3 heterocycles. The molecule has 0 aromatic carbocycles. The average molecular weight is 343 g/mol. The topological polar surface area (TPSA) is 76.2 Å². The van der Waals surface area contributed by atoms with Gasteiger partial charge in [0.25, 0.3) is 0 Å². The largest absolute Gasteiger partial charge is 0.361 e. The Bertz CT molecular complexity index is 742. The summed E-state index contributed by atoms with van der Waals surface area (Å²) in [5.74, 6) is 1.01. The van der Waals surface area contributed by atoms with Gasteiger partial charge in [0.05, 0.1) is 23.9 Å². The van der Waals surface area contributed by atoms with Crippen LogP contribution in [0.4, 0.5) is 0 Å². The minimum absolute atomic E-state index is 0.0688. The molecule has 1 N–H and O–H groups in total. The summed E-state index contributed by atoms with van der Waals surface area (Å²) in [5, 5.41) is 11.6. The number of fused-ring (bicyclic) bond motifs is 1. The van der Waals surface area contributed by atoms with E-state index < -0.39 is 0 Å². The Kier molecular flexibility index (Phi) is 4.33. The molecule has 7 heteroatoms. The maximum Gasteiger partial charge on any atom is 0.222 e. The molecule has 7 nitrogen and oxygen atoms in total. The molecule has 0 radical (unpaired) electrons. The number of rotatable bonds is 5. The lowest BCUT2D eigenvalue weighted by molar-refractivity contribution is -0.123.